The van der Waals surface area contributed by atoms with Crippen LogP contribution in [0.1, 0.15) is 0 Å². The highest BCUT2D eigenvalue weighted by molar-refractivity contribution is 5.99. The van der Waals surface area contributed by atoms with Crippen LogP contribution in [0.25, 0.3) is 0 Å². The first kappa shape index (κ1) is 17.4. The molecule has 0 aliphatic heterocycles. The Morgan fingerprint density at radius 3 is 1.77 bits per heavy atom. The number of anilines is 3. The summed E-state index contributed by atoms with van der Waals surface area (Å²) in [7, 11) is 3.95. The summed E-state index contributed by atoms with van der Waals surface area (Å²) in [6, 6.07) is 24.1. The number of benzene rings is 3. The summed E-state index contributed by atoms with van der Waals surface area (Å²) in [5, 5.41) is 5.61. The molecule has 0 atom stereocenters. The van der Waals surface area contributed by atoms with Crippen LogP contribution >= 0.6 is 0 Å². The number of hydrogen-bond donors (Lipinski definition) is 2. The van der Waals surface area contributed by atoms with Gasteiger partial charge < -0.3 is 20.3 Å². The Morgan fingerprint density at radius 1 is 0.731 bits per heavy atom. The maximum Gasteiger partial charge on any atom is 0.323 e. The summed E-state index contributed by atoms with van der Waals surface area (Å²) in [6.07, 6.45) is 0. The number of rotatable bonds is 5. The van der Waals surface area contributed by atoms with Crippen LogP contribution in [0.3, 0.4) is 0 Å². The summed E-state index contributed by atoms with van der Waals surface area (Å²) in [6.45, 7) is 0. The highest BCUT2D eigenvalue weighted by Gasteiger charge is 2.04. The highest BCUT2D eigenvalue weighted by atomic mass is 16.5. The largest absolute Gasteiger partial charge is 0.457 e. The van der Waals surface area contributed by atoms with Gasteiger partial charge in [-0.05, 0) is 60.7 Å². The fourth-order valence-electron chi connectivity index (χ4n) is 2.37. The van der Waals surface area contributed by atoms with Crippen LogP contribution in [0, 0.1) is 0 Å². The summed E-state index contributed by atoms with van der Waals surface area (Å²) in [5.74, 6) is 1.48. The van der Waals surface area contributed by atoms with Crippen LogP contribution in [-0.4, -0.2) is 20.1 Å². The molecule has 132 valence electrons. The van der Waals surface area contributed by atoms with Crippen molar-refractivity contribution >= 4 is 23.1 Å². The molecule has 0 fully saturated rings. The minimum Gasteiger partial charge on any atom is -0.457 e. The second-order valence-corrected chi connectivity index (χ2v) is 5.96. The highest BCUT2D eigenvalue weighted by Crippen LogP contribution is 2.23. The van der Waals surface area contributed by atoms with Crippen molar-refractivity contribution in [3.63, 3.8) is 0 Å². The maximum absolute atomic E-state index is 12.1. The minimum atomic E-state index is -0.292. The normalized spacial score (nSPS) is 10.1. The molecule has 0 unspecified atom stereocenters. The monoisotopic (exact) mass is 347 g/mol. The van der Waals surface area contributed by atoms with Gasteiger partial charge in [0.15, 0.2) is 0 Å². The molecule has 0 heterocycles. The predicted octanol–water partition coefficient (Wildman–Crippen LogP) is 5.19. The van der Waals surface area contributed by atoms with Gasteiger partial charge in [0, 0.05) is 31.2 Å². The predicted molar refractivity (Wildman–Crippen MR) is 106 cm³/mol. The van der Waals surface area contributed by atoms with Gasteiger partial charge in [-0.2, -0.15) is 0 Å². The molecule has 3 aromatic carbocycles. The Labute approximate surface area is 153 Å². The number of nitrogens with zero attached hydrogens (tertiary/aromatic N) is 1. The van der Waals surface area contributed by atoms with Crippen molar-refractivity contribution < 1.29 is 9.53 Å². The van der Waals surface area contributed by atoms with Crippen molar-refractivity contribution in [3.8, 4) is 11.5 Å². The van der Waals surface area contributed by atoms with E-state index in [9.17, 15) is 4.79 Å². The standard InChI is InChI=1S/C21H21N3O2/c1-24(2)18-12-8-16(9-13-18)22-21(25)23-17-10-14-20(15-11-17)26-19-6-4-3-5-7-19/h3-15H,1-2H3,(H2,22,23,25). The number of amides is 2. The number of para-hydroxylation sites is 1. The van der Waals surface area contributed by atoms with Crippen LogP contribution in [0.2, 0.25) is 0 Å². The quantitative estimate of drug-likeness (QED) is 0.668. The van der Waals surface area contributed by atoms with E-state index in [2.05, 4.69) is 10.6 Å². The van der Waals surface area contributed by atoms with Crippen molar-refractivity contribution in [2.45, 2.75) is 0 Å². The van der Waals surface area contributed by atoms with Gasteiger partial charge in [0.25, 0.3) is 0 Å². The maximum atomic E-state index is 12.1. The third-order valence-corrected chi connectivity index (χ3v) is 3.73. The molecule has 3 rings (SSSR count). The van der Waals surface area contributed by atoms with E-state index in [1.54, 1.807) is 12.1 Å². The molecule has 0 saturated carbocycles. The molecule has 3 aromatic rings. The lowest BCUT2D eigenvalue weighted by Crippen LogP contribution is -2.19. The SMILES string of the molecule is CN(C)c1ccc(NC(=O)Nc2ccc(Oc3ccccc3)cc2)cc1. The van der Waals surface area contributed by atoms with Gasteiger partial charge in [-0.1, -0.05) is 18.2 Å². The van der Waals surface area contributed by atoms with Gasteiger partial charge in [0.1, 0.15) is 11.5 Å². The molecule has 0 aromatic heterocycles. The molecule has 26 heavy (non-hydrogen) atoms. The molecule has 2 amide bonds. The summed E-state index contributed by atoms with van der Waals surface area (Å²) in [4.78, 5) is 14.1. The van der Waals surface area contributed by atoms with Crippen LogP contribution < -0.4 is 20.3 Å². The van der Waals surface area contributed by atoms with Crippen molar-refractivity contribution in [2.24, 2.45) is 0 Å². The van der Waals surface area contributed by atoms with E-state index in [1.807, 2.05) is 85.7 Å². The Hall–Kier alpha value is -3.47. The Bertz CT molecular complexity index is 845. The zero-order valence-corrected chi connectivity index (χ0v) is 14.8. The topological polar surface area (TPSA) is 53.6 Å². The number of ether oxygens (including phenoxy) is 1. The van der Waals surface area contributed by atoms with E-state index in [1.165, 1.54) is 0 Å². The third kappa shape index (κ3) is 4.77. The van der Waals surface area contributed by atoms with Crippen molar-refractivity contribution in [3.05, 3.63) is 78.9 Å². The van der Waals surface area contributed by atoms with Gasteiger partial charge in [0.05, 0.1) is 0 Å². The Morgan fingerprint density at radius 2 is 1.23 bits per heavy atom. The summed E-state index contributed by atoms with van der Waals surface area (Å²) in [5.41, 5.74) is 2.50. The van der Waals surface area contributed by atoms with Crippen LogP contribution in [-0.2, 0) is 0 Å². The fourth-order valence-corrected chi connectivity index (χ4v) is 2.37. The number of nitrogens with one attached hydrogen (secondary N) is 2. The number of hydrogen-bond acceptors (Lipinski definition) is 3. The molecule has 0 aliphatic carbocycles. The molecule has 0 radical (unpaired) electrons. The lowest BCUT2D eigenvalue weighted by molar-refractivity contribution is 0.262. The molecular formula is C21H21N3O2. The van der Waals surface area contributed by atoms with E-state index in [0.717, 1.165) is 17.1 Å². The zero-order valence-electron chi connectivity index (χ0n) is 14.8. The van der Waals surface area contributed by atoms with E-state index >= 15 is 0 Å². The first-order valence-corrected chi connectivity index (χ1v) is 8.28. The van der Waals surface area contributed by atoms with Gasteiger partial charge in [-0.15, -0.1) is 0 Å². The van der Waals surface area contributed by atoms with E-state index in [0.29, 0.717) is 11.4 Å². The average molecular weight is 347 g/mol. The smallest absolute Gasteiger partial charge is 0.323 e. The summed E-state index contributed by atoms with van der Waals surface area (Å²) >= 11 is 0. The Kier molecular flexibility index (Phi) is 5.39. The minimum absolute atomic E-state index is 0.292. The van der Waals surface area contributed by atoms with Crippen molar-refractivity contribution in [1.82, 2.24) is 0 Å². The molecule has 0 saturated heterocycles. The van der Waals surface area contributed by atoms with Crippen molar-refractivity contribution in [2.75, 3.05) is 29.6 Å². The van der Waals surface area contributed by atoms with Crippen LogP contribution in [0.15, 0.2) is 78.9 Å². The number of urea groups is 1. The Balaban J connectivity index is 1.55. The molecular weight excluding hydrogens is 326 g/mol. The molecule has 2 N–H and O–H groups in total. The van der Waals surface area contributed by atoms with E-state index in [-0.39, 0.29) is 6.03 Å². The molecule has 5 nitrogen and oxygen atoms in total. The van der Waals surface area contributed by atoms with Gasteiger partial charge >= 0.3 is 6.03 Å². The van der Waals surface area contributed by atoms with Gasteiger partial charge in [-0.3, -0.25) is 0 Å². The first-order valence-electron chi connectivity index (χ1n) is 8.28. The first-order chi connectivity index (χ1) is 12.6. The van der Waals surface area contributed by atoms with Crippen LogP contribution in [0.4, 0.5) is 21.9 Å². The third-order valence-electron chi connectivity index (χ3n) is 3.73. The lowest BCUT2D eigenvalue weighted by atomic mass is 10.2. The molecule has 5 heteroatoms. The van der Waals surface area contributed by atoms with E-state index in [4.69, 9.17) is 4.74 Å². The second kappa shape index (κ2) is 8.07. The molecule has 0 bridgehead atoms. The van der Waals surface area contributed by atoms with Crippen molar-refractivity contribution in [1.29, 1.82) is 0 Å². The summed E-state index contributed by atoms with van der Waals surface area (Å²) < 4.78 is 5.73. The van der Waals surface area contributed by atoms with E-state index < -0.39 is 0 Å². The second-order valence-electron chi connectivity index (χ2n) is 5.96. The fraction of sp³-hybridized carbons (Fsp3) is 0.0952. The van der Waals surface area contributed by atoms with Gasteiger partial charge in [-0.25, -0.2) is 4.79 Å². The lowest BCUT2D eigenvalue weighted by Gasteiger charge is -2.13. The molecule has 0 aliphatic rings. The van der Waals surface area contributed by atoms with Gasteiger partial charge in [0.2, 0.25) is 0 Å². The molecule has 0 spiro atoms. The zero-order chi connectivity index (χ0) is 18.4. The average Bonchev–Trinajstić information content (AvgIpc) is 2.64. The number of carbonyl (C=O) groups excluding carboxylic acids is 1. The number of carbonyl (C=O) groups is 1. The van der Waals surface area contributed by atoms with Crippen LogP contribution in [0.5, 0.6) is 11.5 Å².